The van der Waals surface area contributed by atoms with Crippen molar-refractivity contribution < 1.29 is 23.5 Å². The predicted octanol–water partition coefficient (Wildman–Crippen LogP) is 2.75. The first-order valence-electron chi connectivity index (χ1n) is 11.7. The number of ether oxygens (including phenoxy) is 1. The summed E-state index contributed by atoms with van der Waals surface area (Å²) in [5.74, 6) is 0.223. The number of nitrogens with one attached hydrogen (secondary N) is 1. The van der Waals surface area contributed by atoms with Crippen LogP contribution in [0.5, 0.6) is 0 Å². The van der Waals surface area contributed by atoms with E-state index >= 15 is 0 Å². The quantitative estimate of drug-likeness (QED) is 0.532. The number of nitrogens with zero attached hydrogens (tertiary/aromatic N) is 1. The third-order valence-corrected chi connectivity index (χ3v) is 6.64. The topological polar surface area (TPSA) is 115 Å². The van der Waals surface area contributed by atoms with Gasteiger partial charge in [0.25, 0.3) is 5.91 Å². The van der Waals surface area contributed by atoms with Crippen LogP contribution in [0.3, 0.4) is 0 Å². The fourth-order valence-electron chi connectivity index (χ4n) is 4.82. The van der Waals surface area contributed by atoms with Gasteiger partial charge in [-0.25, -0.2) is 0 Å². The van der Waals surface area contributed by atoms with Crippen molar-refractivity contribution in [2.75, 3.05) is 18.9 Å². The lowest BCUT2D eigenvalue weighted by molar-refractivity contribution is -0.138. The Morgan fingerprint density at radius 2 is 1.89 bits per heavy atom. The van der Waals surface area contributed by atoms with Gasteiger partial charge in [0.2, 0.25) is 5.91 Å². The summed E-state index contributed by atoms with van der Waals surface area (Å²) in [5, 5.41) is 2.90. The van der Waals surface area contributed by atoms with Gasteiger partial charge >= 0.3 is 0 Å². The molecule has 0 saturated carbocycles. The molecule has 0 aliphatic carbocycles. The second-order valence-electron chi connectivity index (χ2n) is 9.00. The minimum atomic E-state index is -0.868. The van der Waals surface area contributed by atoms with Gasteiger partial charge in [-0.05, 0) is 37.1 Å². The molecule has 3 N–H and O–H groups in total. The third-order valence-electron chi connectivity index (χ3n) is 6.64. The van der Waals surface area contributed by atoms with E-state index in [1.807, 2.05) is 42.5 Å². The highest BCUT2D eigenvalue weighted by Gasteiger charge is 2.48. The fraction of sp³-hybridized carbons (Fsp3) is 0.296. The Morgan fingerprint density at radius 3 is 2.63 bits per heavy atom. The minimum Gasteiger partial charge on any atom is -0.461 e. The maximum atomic E-state index is 13.6. The summed E-state index contributed by atoms with van der Waals surface area (Å²) in [6.07, 6.45) is 0.589. The third kappa shape index (κ3) is 4.57. The van der Waals surface area contributed by atoms with E-state index in [4.69, 9.17) is 14.9 Å². The molecule has 3 unspecified atom stereocenters. The molecule has 35 heavy (non-hydrogen) atoms. The highest BCUT2D eigenvalue weighted by molar-refractivity contribution is 6.00. The molecule has 2 fully saturated rings. The maximum absolute atomic E-state index is 13.6. The van der Waals surface area contributed by atoms with Crippen LogP contribution < -0.4 is 11.1 Å². The second kappa shape index (κ2) is 9.38. The van der Waals surface area contributed by atoms with Crippen molar-refractivity contribution >= 4 is 23.3 Å². The van der Waals surface area contributed by atoms with Crippen LogP contribution in [-0.4, -0.2) is 53.8 Å². The van der Waals surface area contributed by atoms with Gasteiger partial charge in [0, 0.05) is 24.2 Å². The summed E-state index contributed by atoms with van der Waals surface area (Å²) in [7, 11) is 0. The van der Waals surface area contributed by atoms with Gasteiger partial charge in [-0.2, -0.15) is 0 Å². The lowest BCUT2D eigenvalue weighted by Crippen LogP contribution is -2.53. The normalized spacial score (nSPS) is 20.0. The molecule has 1 aromatic heterocycles. The predicted molar refractivity (Wildman–Crippen MR) is 130 cm³/mol. The molecule has 2 aliphatic heterocycles. The number of nitrogens with two attached hydrogens (primary N) is 1. The van der Waals surface area contributed by atoms with Gasteiger partial charge in [0.1, 0.15) is 30.2 Å². The smallest absolute Gasteiger partial charge is 0.255 e. The monoisotopic (exact) mass is 473 g/mol. The Hall–Kier alpha value is -3.91. The van der Waals surface area contributed by atoms with Crippen LogP contribution in [0.1, 0.15) is 28.1 Å². The molecule has 2 amide bonds. The first-order chi connectivity index (χ1) is 16.9. The molecule has 8 heteroatoms. The van der Waals surface area contributed by atoms with Crippen LogP contribution >= 0.6 is 0 Å². The Kier molecular flexibility index (Phi) is 6.13. The molecular weight excluding hydrogens is 446 g/mol. The number of carbonyl (C=O) groups is 3. The van der Waals surface area contributed by atoms with Gasteiger partial charge in [-0.1, -0.05) is 42.5 Å². The molecule has 2 aliphatic rings. The second-order valence-corrected chi connectivity index (χ2v) is 9.00. The zero-order valence-electron chi connectivity index (χ0n) is 19.4. The number of carbonyl (C=O) groups excluding carboxylic acids is 3. The number of amides is 2. The van der Waals surface area contributed by atoms with Crippen molar-refractivity contribution in [2.24, 2.45) is 0 Å². The summed E-state index contributed by atoms with van der Waals surface area (Å²) in [6, 6.07) is 16.9. The van der Waals surface area contributed by atoms with Crippen LogP contribution in [0.15, 0.2) is 65.1 Å². The van der Waals surface area contributed by atoms with Gasteiger partial charge in [-0.3, -0.25) is 14.4 Å². The van der Waals surface area contributed by atoms with Crippen molar-refractivity contribution in [1.29, 1.82) is 0 Å². The fourth-order valence-corrected chi connectivity index (χ4v) is 4.82. The lowest BCUT2D eigenvalue weighted by atomic mass is 10.0. The highest BCUT2D eigenvalue weighted by Crippen LogP contribution is 2.29. The van der Waals surface area contributed by atoms with E-state index in [2.05, 4.69) is 5.32 Å². The molecule has 2 saturated heterocycles. The molecule has 5 rings (SSSR count). The average Bonchev–Trinajstić information content (AvgIpc) is 3.56. The van der Waals surface area contributed by atoms with Gasteiger partial charge in [0.15, 0.2) is 5.78 Å². The van der Waals surface area contributed by atoms with Gasteiger partial charge in [0.05, 0.1) is 11.7 Å². The SMILES string of the molecule is Cc1oc(-c2ccccc2)cc1C(=O)NC(Cc1ccc(N)cc1)C(=O)N1CCC2OCC(=O)C21. The van der Waals surface area contributed by atoms with Crippen molar-refractivity contribution in [2.45, 2.75) is 38.0 Å². The van der Waals surface area contributed by atoms with Crippen molar-refractivity contribution in [1.82, 2.24) is 10.2 Å². The molecule has 3 heterocycles. The van der Waals surface area contributed by atoms with E-state index in [-0.39, 0.29) is 30.8 Å². The number of aryl methyl sites for hydroxylation is 1. The Balaban J connectivity index is 1.40. The Bertz CT molecular complexity index is 1250. The maximum Gasteiger partial charge on any atom is 0.255 e. The highest BCUT2D eigenvalue weighted by atomic mass is 16.5. The Labute approximate surface area is 203 Å². The molecule has 0 radical (unpaired) electrons. The lowest BCUT2D eigenvalue weighted by Gasteiger charge is -2.27. The zero-order valence-corrected chi connectivity index (χ0v) is 19.4. The number of hydrogen-bond donors (Lipinski definition) is 2. The summed E-state index contributed by atoms with van der Waals surface area (Å²) in [6.45, 7) is 2.15. The van der Waals surface area contributed by atoms with E-state index < -0.39 is 18.0 Å². The molecule has 8 nitrogen and oxygen atoms in total. The number of furan rings is 1. The first kappa shape index (κ1) is 22.9. The largest absolute Gasteiger partial charge is 0.461 e. The first-order valence-corrected chi connectivity index (χ1v) is 11.7. The molecule has 3 aromatic rings. The molecule has 0 spiro atoms. The number of nitrogen functional groups attached to an aromatic ring is 1. The van der Waals surface area contributed by atoms with Crippen molar-refractivity contribution in [3.8, 4) is 11.3 Å². The van der Waals surface area contributed by atoms with E-state index in [1.54, 1.807) is 30.0 Å². The number of anilines is 1. The van der Waals surface area contributed by atoms with Crippen LogP contribution in [0.4, 0.5) is 5.69 Å². The Morgan fingerprint density at radius 1 is 1.14 bits per heavy atom. The van der Waals surface area contributed by atoms with E-state index in [1.165, 1.54) is 0 Å². The average molecular weight is 474 g/mol. The van der Waals surface area contributed by atoms with Crippen molar-refractivity contribution in [3.63, 3.8) is 0 Å². The summed E-state index contributed by atoms with van der Waals surface area (Å²) in [4.78, 5) is 40.9. The summed E-state index contributed by atoms with van der Waals surface area (Å²) < 4.78 is 11.4. The zero-order chi connectivity index (χ0) is 24.5. The number of Topliss-reactive ketones (excluding diaryl/α,β-unsaturated/α-hetero) is 1. The number of likely N-dealkylation sites (tertiary alicyclic amines) is 1. The molecule has 3 atom stereocenters. The van der Waals surface area contributed by atoms with Gasteiger partial charge < -0.3 is 25.1 Å². The number of fused-ring (bicyclic) bond motifs is 1. The molecule has 2 aromatic carbocycles. The summed E-state index contributed by atoms with van der Waals surface area (Å²) >= 11 is 0. The molecular formula is C27H27N3O5. The van der Waals surface area contributed by atoms with Crippen molar-refractivity contribution in [3.05, 3.63) is 77.6 Å². The van der Waals surface area contributed by atoms with Crippen LogP contribution in [-0.2, 0) is 20.7 Å². The number of ketones is 1. The van der Waals surface area contributed by atoms with Gasteiger partial charge in [-0.15, -0.1) is 0 Å². The number of rotatable bonds is 6. The summed E-state index contributed by atoms with van der Waals surface area (Å²) in [5.41, 5.74) is 8.48. The van der Waals surface area contributed by atoms with E-state index in [9.17, 15) is 14.4 Å². The van der Waals surface area contributed by atoms with Crippen LogP contribution in [0, 0.1) is 6.92 Å². The standard InChI is InChI=1S/C27H27N3O5/c1-16-20(14-24(35-16)18-5-3-2-4-6-18)26(32)29-21(13-17-7-9-19(28)10-8-17)27(33)30-12-11-23-25(30)22(31)15-34-23/h2-10,14,21,23,25H,11-13,15,28H2,1H3,(H,29,32). The van der Waals surface area contributed by atoms with E-state index in [0.717, 1.165) is 11.1 Å². The number of hydrogen-bond acceptors (Lipinski definition) is 6. The van der Waals surface area contributed by atoms with Crippen LogP contribution in [0.2, 0.25) is 0 Å². The molecule has 180 valence electrons. The van der Waals surface area contributed by atoms with Crippen LogP contribution in [0.25, 0.3) is 11.3 Å². The number of benzene rings is 2. The molecule has 0 bridgehead atoms. The van der Waals surface area contributed by atoms with E-state index in [0.29, 0.717) is 35.7 Å². The minimum absolute atomic E-state index is 0.0184.